The summed E-state index contributed by atoms with van der Waals surface area (Å²) in [4.78, 5) is 0.272. The number of nitrogens with two attached hydrogens (primary N) is 1. The molecule has 0 aromatic heterocycles. The Hall–Kier alpha value is -1.46. The van der Waals surface area contributed by atoms with E-state index in [0.717, 1.165) is 5.56 Å². The second kappa shape index (κ2) is 6.12. The number of ether oxygens (including phenoxy) is 1. The van der Waals surface area contributed by atoms with Gasteiger partial charge in [0.05, 0.1) is 10.0 Å². The van der Waals surface area contributed by atoms with Gasteiger partial charge in [0.2, 0.25) is 0 Å². The number of halogens is 2. The van der Waals surface area contributed by atoms with E-state index in [2.05, 4.69) is 15.9 Å². The lowest BCUT2D eigenvalue weighted by atomic mass is 10.2. The van der Waals surface area contributed by atoms with Crippen LogP contribution in [0.2, 0.25) is 0 Å². The number of hydrogen-bond donors (Lipinski definition) is 1. The molecule has 0 unspecified atom stereocenters. The minimum absolute atomic E-state index is 0.234. The first kappa shape index (κ1) is 14.0. The second-order valence-electron chi connectivity index (χ2n) is 3.86. The zero-order valence-corrected chi connectivity index (χ0v) is 12.3. The van der Waals surface area contributed by atoms with Gasteiger partial charge in [-0.3, -0.25) is 0 Å². The molecule has 0 spiro atoms. The minimum atomic E-state index is -0.316. The maximum atomic E-state index is 13.4. The van der Waals surface area contributed by atoms with E-state index in [1.54, 1.807) is 24.3 Å². The Labute approximate surface area is 124 Å². The van der Waals surface area contributed by atoms with E-state index in [1.807, 2.05) is 12.1 Å². The zero-order valence-electron chi connectivity index (χ0n) is 9.90. The van der Waals surface area contributed by atoms with Gasteiger partial charge < -0.3 is 10.5 Å². The van der Waals surface area contributed by atoms with Gasteiger partial charge in [0, 0.05) is 5.56 Å². The van der Waals surface area contributed by atoms with E-state index >= 15 is 0 Å². The molecule has 5 heteroatoms. The molecule has 0 radical (unpaired) electrons. The van der Waals surface area contributed by atoms with Crippen molar-refractivity contribution < 1.29 is 9.13 Å². The highest BCUT2D eigenvalue weighted by Gasteiger charge is 2.08. The highest BCUT2D eigenvalue weighted by molar-refractivity contribution is 9.10. The van der Waals surface area contributed by atoms with Crippen molar-refractivity contribution in [1.29, 1.82) is 0 Å². The molecule has 0 saturated heterocycles. The molecule has 2 nitrogen and oxygen atoms in total. The normalized spacial score (nSPS) is 10.2. The molecule has 0 amide bonds. The van der Waals surface area contributed by atoms with Crippen LogP contribution in [-0.2, 0) is 6.61 Å². The van der Waals surface area contributed by atoms with Crippen LogP contribution in [0.25, 0.3) is 0 Å². The van der Waals surface area contributed by atoms with Crippen molar-refractivity contribution in [3.63, 3.8) is 0 Å². The largest absolute Gasteiger partial charge is 0.488 e. The van der Waals surface area contributed by atoms with E-state index in [4.69, 9.17) is 22.7 Å². The van der Waals surface area contributed by atoms with Gasteiger partial charge in [-0.1, -0.05) is 36.5 Å². The van der Waals surface area contributed by atoms with E-state index in [-0.39, 0.29) is 17.4 Å². The molecule has 2 aromatic carbocycles. The molecular weight excluding hydrogens is 329 g/mol. The van der Waals surface area contributed by atoms with Crippen molar-refractivity contribution >= 4 is 33.1 Å². The maximum Gasteiger partial charge on any atom is 0.137 e. The van der Waals surface area contributed by atoms with Crippen molar-refractivity contribution in [2.45, 2.75) is 6.61 Å². The molecule has 0 aliphatic carbocycles. The third-order valence-electron chi connectivity index (χ3n) is 2.57. The van der Waals surface area contributed by atoms with Crippen molar-refractivity contribution in [2.75, 3.05) is 0 Å². The minimum Gasteiger partial charge on any atom is -0.488 e. The van der Waals surface area contributed by atoms with Crippen LogP contribution in [-0.4, -0.2) is 4.99 Å². The summed E-state index contributed by atoms with van der Waals surface area (Å²) < 4.78 is 19.4. The van der Waals surface area contributed by atoms with Gasteiger partial charge in [0.25, 0.3) is 0 Å². The van der Waals surface area contributed by atoms with Crippen LogP contribution >= 0.6 is 28.1 Å². The summed E-state index contributed by atoms with van der Waals surface area (Å²) in [5, 5.41) is 0. The summed E-state index contributed by atoms with van der Waals surface area (Å²) in [6, 6.07) is 12.0. The fraction of sp³-hybridized carbons (Fsp3) is 0.0714. The summed E-state index contributed by atoms with van der Waals surface area (Å²) >= 11 is 8.15. The van der Waals surface area contributed by atoms with Gasteiger partial charge in [-0.2, -0.15) is 0 Å². The van der Waals surface area contributed by atoms with E-state index in [9.17, 15) is 4.39 Å². The lowest BCUT2D eigenvalue weighted by molar-refractivity contribution is 0.304. The third kappa shape index (κ3) is 3.30. The van der Waals surface area contributed by atoms with Gasteiger partial charge in [-0.15, -0.1) is 0 Å². The fourth-order valence-electron chi connectivity index (χ4n) is 1.61. The summed E-state index contributed by atoms with van der Waals surface area (Å²) in [5.74, 6) is 0.273. The summed E-state index contributed by atoms with van der Waals surface area (Å²) in [6.45, 7) is 0.234. The summed E-state index contributed by atoms with van der Waals surface area (Å²) in [6.07, 6.45) is 0. The first-order chi connectivity index (χ1) is 9.09. The molecule has 0 atom stereocenters. The standard InChI is InChI=1S/C14H11BrFNOS/c15-13-9(4-3-6-11(13)16)8-18-12-7-2-1-5-10(12)14(17)19/h1-7H,8H2,(H2,17,19). The van der Waals surface area contributed by atoms with E-state index in [1.165, 1.54) is 6.07 Å². The van der Waals surface area contributed by atoms with Crippen LogP contribution in [0.4, 0.5) is 4.39 Å². The molecule has 2 aromatic rings. The molecular formula is C14H11BrFNOS. The SMILES string of the molecule is NC(=S)c1ccccc1OCc1cccc(F)c1Br. The number of thiocarbonyl (C=S) groups is 1. The van der Waals surface area contributed by atoms with Gasteiger partial charge >= 0.3 is 0 Å². The number of para-hydroxylation sites is 1. The van der Waals surface area contributed by atoms with Crippen molar-refractivity contribution in [3.8, 4) is 5.75 Å². The van der Waals surface area contributed by atoms with Crippen LogP contribution in [0.3, 0.4) is 0 Å². The van der Waals surface area contributed by atoms with E-state index in [0.29, 0.717) is 15.8 Å². The van der Waals surface area contributed by atoms with Gasteiger partial charge in [-0.05, 0) is 34.1 Å². The van der Waals surface area contributed by atoms with Gasteiger partial charge in [0.15, 0.2) is 0 Å². The monoisotopic (exact) mass is 339 g/mol. The molecule has 2 rings (SSSR count). The van der Waals surface area contributed by atoms with Crippen LogP contribution < -0.4 is 10.5 Å². The zero-order chi connectivity index (χ0) is 13.8. The molecule has 98 valence electrons. The second-order valence-corrected chi connectivity index (χ2v) is 5.09. The first-order valence-corrected chi connectivity index (χ1v) is 6.74. The van der Waals surface area contributed by atoms with Crippen LogP contribution in [0, 0.1) is 5.82 Å². The average Bonchev–Trinajstić information content (AvgIpc) is 2.40. The Morgan fingerprint density at radius 3 is 2.68 bits per heavy atom. The quantitative estimate of drug-likeness (QED) is 0.860. The number of benzene rings is 2. The average molecular weight is 340 g/mol. The molecule has 0 bridgehead atoms. The topological polar surface area (TPSA) is 35.2 Å². The van der Waals surface area contributed by atoms with Gasteiger partial charge in [-0.25, -0.2) is 4.39 Å². The van der Waals surface area contributed by atoms with Crippen LogP contribution in [0.1, 0.15) is 11.1 Å². The van der Waals surface area contributed by atoms with Crippen LogP contribution in [0.15, 0.2) is 46.9 Å². The summed E-state index contributed by atoms with van der Waals surface area (Å²) in [7, 11) is 0. The third-order valence-corrected chi connectivity index (χ3v) is 3.68. The molecule has 19 heavy (non-hydrogen) atoms. The molecule has 0 saturated carbocycles. The smallest absolute Gasteiger partial charge is 0.137 e. The first-order valence-electron chi connectivity index (χ1n) is 5.54. The van der Waals surface area contributed by atoms with Crippen molar-refractivity contribution in [1.82, 2.24) is 0 Å². The number of rotatable bonds is 4. The Morgan fingerprint density at radius 1 is 1.21 bits per heavy atom. The predicted molar refractivity (Wildman–Crippen MR) is 80.8 cm³/mol. The highest BCUT2D eigenvalue weighted by Crippen LogP contribution is 2.24. The van der Waals surface area contributed by atoms with Gasteiger partial charge in [0.1, 0.15) is 23.2 Å². The lowest BCUT2D eigenvalue weighted by Crippen LogP contribution is -2.11. The van der Waals surface area contributed by atoms with Crippen molar-refractivity contribution in [2.24, 2.45) is 5.73 Å². The Kier molecular flexibility index (Phi) is 4.50. The molecule has 0 heterocycles. The molecule has 0 fully saturated rings. The van der Waals surface area contributed by atoms with Crippen molar-refractivity contribution in [3.05, 3.63) is 63.9 Å². The maximum absolute atomic E-state index is 13.4. The Balaban J connectivity index is 2.19. The summed E-state index contributed by atoms with van der Waals surface area (Å²) in [5.41, 5.74) is 7.01. The number of hydrogen-bond acceptors (Lipinski definition) is 2. The van der Waals surface area contributed by atoms with E-state index < -0.39 is 0 Å². The Bertz CT molecular complexity index is 618. The Morgan fingerprint density at radius 2 is 1.95 bits per heavy atom. The lowest BCUT2D eigenvalue weighted by Gasteiger charge is -2.11. The highest BCUT2D eigenvalue weighted by atomic mass is 79.9. The van der Waals surface area contributed by atoms with Crippen LogP contribution in [0.5, 0.6) is 5.75 Å². The fourth-order valence-corrected chi connectivity index (χ4v) is 2.16. The predicted octanol–water partition coefficient (Wildman–Crippen LogP) is 3.80. The molecule has 0 aliphatic heterocycles. The molecule has 0 aliphatic rings. The molecule has 2 N–H and O–H groups in total.